The quantitative estimate of drug-likeness (QED) is 0.283. The number of imidazole rings is 1. The second-order valence-corrected chi connectivity index (χ2v) is 1.44. The molecule has 0 bridgehead atoms. The molecule has 5 heteroatoms. The van der Waals surface area contributed by atoms with Crippen LogP contribution in [0.25, 0.3) is 0 Å². The number of rotatable bonds is 2. The Morgan fingerprint density at radius 1 is 1.89 bits per heavy atom. The first-order valence-electron chi connectivity index (χ1n) is 2.33. The number of aldehydes is 1. The highest BCUT2D eigenvalue weighted by Gasteiger charge is 1.93. The lowest BCUT2D eigenvalue weighted by molar-refractivity contribution is 0.111. The lowest BCUT2D eigenvalue weighted by Gasteiger charge is -1.87. The van der Waals surface area contributed by atoms with Gasteiger partial charge in [0.15, 0.2) is 12.1 Å². The fourth-order valence-electron chi connectivity index (χ4n) is 0.470. The molecule has 1 aromatic rings. The Balaban J connectivity index is 2.86. The van der Waals surface area contributed by atoms with Crippen LogP contribution in [0.15, 0.2) is 6.20 Å². The zero-order valence-electron chi connectivity index (χ0n) is 4.59. The van der Waals surface area contributed by atoms with Crippen LogP contribution in [0.3, 0.4) is 0 Å². The van der Waals surface area contributed by atoms with E-state index in [4.69, 9.17) is 5.84 Å². The summed E-state index contributed by atoms with van der Waals surface area (Å²) in [5.41, 5.74) is 2.30. The zero-order valence-corrected chi connectivity index (χ0v) is 4.59. The highest BCUT2D eigenvalue weighted by atomic mass is 16.1. The van der Waals surface area contributed by atoms with Crippen LogP contribution in [0.5, 0.6) is 0 Å². The molecule has 0 aliphatic carbocycles. The van der Waals surface area contributed by atoms with Crippen molar-refractivity contribution in [3.8, 4) is 0 Å². The van der Waals surface area contributed by atoms with Gasteiger partial charge in [-0.25, -0.2) is 10.8 Å². The van der Waals surface area contributed by atoms with E-state index in [0.717, 1.165) is 0 Å². The largest absolute Gasteiger partial charge is 0.322 e. The van der Waals surface area contributed by atoms with Crippen molar-refractivity contribution in [3.63, 3.8) is 0 Å². The minimum absolute atomic E-state index is 0.267. The summed E-state index contributed by atoms with van der Waals surface area (Å²) in [5, 5.41) is 0. The van der Waals surface area contributed by atoms with Gasteiger partial charge in [-0.1, -0.05) is 0 Å². The monoisotopic (exact) mass is 126 g/mol. The van der Waals surface area contributed by atoms with Gasteiger partial charge in [0.25, 0.3) is 0 Å². The van der Waals surface area contributed by atoms with Crippen molar-refractivity contribution in [1.29, 1.82) is 0 Å². The molecule has 0 fully saturated rings. The van der Waals surface area contributed by atoms with E-state index < -0.39 is 0 Å². The topological polar surface area (TPSA) is 83.8 Å². The average Bonchev–Trinajstić information content (AvgIpc) is 2.34. The van der Waals surface area contributed by atoms with E-state index in [9.17, 15) is 4.79 Å². The second kappa shape index (κ2) is 2.27. The summed E-state index contributed by atoms with van der Waals surface area (Å²) in [6.07, 6.45) is 2.05. The number of nitrogen functional groups attached to an aromatic ring is 1. The third kappa shape index (κ3) is 1.06. The molecule has 0 aliphatic heterocycles. The van der Waals surface area contributed by atoms with Gasteiger partial charge in [0.2, 0.25) is 0 Å². The third-order valence-corrected chi connectivity index (χ3v) is 0.863. The van der Waals surface area contributed by atoms with Crippen molar-refractivity contribution in [1.82, 2.24) is 9.97 Å². The number of carbonyl (C=O) groups is 1. The molecular weight excluding hydrogens is 120 g/mol. The number of anilines is 1. The number of nitrogens with two attached hydrogens (primary N) is 1. The SMILES string of the molecule is NNc1cnc(C=O)[nH]1. The normalized spacial score (nSPS) is 9.00. The number of aromatic nitrogens is 2. The number of hydrogen-bond donors (Lipinski definition) is 3. The molecule has 9 heavy (non-hydrogen) atoms. The summed E-state index contributed by atoms with van der Waals surface area (Å²) < 4.78 is 0. The molecule has 1 aromatic heterocycles. The van der Waals surface area contributed by atoms with Crippen LogP contribution in [-0.4, -0.2) is 16.3 Å². The van der Waals surface area contributed by atoms with Gasteiger partial charge >= 0.3 is 0 Å². The van der Waals surface area contributed by atoms with E-state index in [1.165, 1.54) is 6.20 Å². The molecule has 0 saturated heterocycles. The predicted octanol–water partition coefficient (Wildman–Crippen LogP) is -0.492. The molecule has 0 radical (unpaired) electrons. The van der Waals surface area contributed by atoms with Gasteiger partial charge in [-0.05, 0) is 0 Å². The number of hydrazine groups is 1. The van der Waals surface area contributed by atoms with Gasteiger partial charge in [-0.15, -0.1) is 0 Å². The molecule has 4 N–H and O–H groups in total. The van der Waals surface area contributed by atoms with Gasteiger partial charge in [0, 0.05) is 0 Å². The maximum absolute atomic E-state index is 9.97. The molecule has 0 saturated carbocycles. The van der Waals surface area contributed by atoms with Crippen molar-refractivity contribution in [2.24, 2.45) is 5.84 Å². The molecule has 0 aromatic carbocycles. The number of hydrogen-bond acceptors (Lipinski definition) is 4. The molecule has 0 aliphatic rings. The van der Waals surface area contributed by atoms with Crippen LogP contribution in [0.4, 0.5) is 5.82 Å². The van der Waals surface area contributed by atoms with E-state index in [0.29, 0.717) is 12.1 Å². The number of carbonyl (C=O) groups excluding carboxylic acids is 1. The summed E-state index contributed by atoms with van der Waals surface area (Å²) in [5.74, 6) is 5.77. The molecule has 0 unspecified atom stereocenters. The van der Waals surface area contributed by atoms with Gasteiger partial charge < -0.3 is 10.4 Å². The van der Waals surface area contributed by atoms with Crippen LogP contribution in [-0.2, 0) is 0 Å². The summed E-state index contributed by atoms with van der Waals surface area (Å²) >= 11 is 0. The Kier molecular flexibility index (Phi) is 1.46. The van der Waals surface area contributed by atoms with Crippen molar-refractivity contribution in [2.75, 3.05) is 5.43 Å². The minimum Gasteiger partial charge on any atom is -0.322 e. The van der Waals surface area contributed by atoms with E-state index in [1.807, 2.05) is 0 Å². The van der Waals surface area contributed by atoms with E-state index in [-0.39, 0.29) is 5.82 Å². The van der Waals surface area contributed by atoms with Gasteiger partial charge in [-0.2, -0.15) is 0 Å². The van der Waals surface area contributed by atoms with E-state index in [2.05, 4.69) is 15.4 Å². The molecular formula is C4H6N4O. The Morgan fingerprint density at radius 2 is 2.67 bits per heavy atom. The first kappa shape index (κ1) is 5.77. The van der Waals surface area contributed by atoms with E-state index >= 15 is 0 Å². The Labute approximate surface area is 51.2 Å². The standard InChI is InChI=1S/C4H6N4O/c5-8-3-1-6-4(2-9)7-3/h1-2,8H,5H2,(H,6,7). The molecule has 1 rings (SSSR count). The molecule has 0 atom stereocenters. The van der Waals surface area contributed by atoms with Gasteiger partial charge in [0.05, 0.1) is 6.20 Å². The van der Waals surface area contributed by atoms with Gasteiger partial charge in [0.1, 0.15) is 5.82 Å². The zero-order chi connectivity index (χ0) is 6.69. The lowest BCUT2D eigenvalue weighted by atomic mass is 10.7. The van der Waals surface area contributed by atoms with Crippen LogP contribution in [0.2, 0.25) is 0 Å². The first-order chi connectivity index (χ1) is 4.36. The molecule has 0 spiro atoms. The molecule has 48 valence electrons. The number of aromatic amines is 1. The second-order valence-electron chi connectivity index (χ2n) is 1.44. The molecule has 5 nitrogen and oxygen atoms in total. The van der Waals surface area contributed by atoms with Crippen LogP contribution < -0.4 is 11.3 Å². The summed E-state index contributed by atoms with van der Waals surface area (Å²) in [4.78, 5) is 16.2. The average molecular weight is 126 g/mol. The van der Waals surface area contributed by atoms with Crippen molar-refractivity contribution >= 4 is 12.1 Å². The summed E-state index contributed by atoms with van der Waals surface area (Å²) in [6.45, 7) is 0. The van der Waals surface area contributed by atoms with Crippen molar-refractivity contribution < 1.29 is 4.79 Å². The Hall–Kier alpha value is -1.36. The van der Waals surface area contributed by atoms with Crippen molar-refractivity contribution in [3.05, 3.63) is 12.0 Å². The minimum atomic E-state index is 0.267. The van der Waals surface area contributed by atoms with Crippen LogP contribution >= 0.6 is 0 Å². The summed E-state index contributed by atoms with van der Waals surface area (Å²) in [6, 6.07) is 0. The fourth-order valence-corrected chi connectivity index (χ4v) is 0.470. The number of H-pyrrole nitrogens is 1. The molecule has 0 amide bonds. The van der Waals surface area contributed by atoms with E-state index in [1.54, 1.807) is 0 Å². The highest BCUT2D eigenvalue weighted by molar-refractivity contribution is 5.69. The third-order valence-electron chi connectivity index (χ3n) is 0.863. The lowest BCUT2D eigenvalue weighted by Crippen LogP contribution is -2.06. The first-order valence-corrected chi connectivity index (χ1v) is 2.33. The summed E-state index contributed by atoms with van der Waals surface area (Å²) in [7, 11) is 0. The maximum atomic E-state index is 9.97. The van der Waals surface area contributed by atoms with Crippen LogP contribution in [0, 0.1) is 0 Å². The maximum Gasteiger partial charge on any atom is 0.185 e. The van der Waals surface area contributed by atoms with Crippen molar-refractivity contribution in [2.45, 2.75) is 0 Å². The smallest absolute Gasteiger partial charge is 0.185 e. The fraction of sp³-hybridized carbons (Fsp3) is 0. The Morgan fingerprint density at radius 3 is 3.00 bits per heavy atom. The predicted molar refractivity (Wildman–Crippen MR) is 31.8 cm³/mol. The number of nitrogens with one attached hydrogen (secondary N) is 2. The van der Waals surface area contributed by atoms with Gasteiger partial charge in [-0.3, -0.25) is 4.79 Å². The van der Waals surface area contributed by atoms with Crippen LogP contribution in [0.1, 0.15) is 10.6 Å². The highest BCUT2D eigenvalue weighted by Crippen LogP contribution is 1.96. The number of nitrogens with zero attached hydrogens (tertiary/aromatic N) is 1. The molecule has 1 heterocycles. The Bertz CT molecular complexity index is 206.